The average molecular weight is 354 g/mol. The van der Waals surface area contributed by atoms with Crippen LogP contribution in [0.25, 0.3) is 10.2 Å². The summed E-state index contributed by atoms with van der Waals surface area (Å²) in [5.74, 6) is 1.37. The first-order valence-electron chi connectivity index (χ1n) is 9.25. The highest BCUT2D eigenvalue weighted by atomic mass is 32.1. The van der Waals surface area contributed by atoms with Crippen LogP contribution < -0.4 is 4.90 Å². The Bertz CT molecular complexity index is 791. The van der Waals surface area contributed by atoms with Crippen LogP contribution in [-0.2, 0) is 9.53 Å². The number of allylic oxidation sites excluding steroid dienone is 2. The number of rotatable bonds is 4. The van der Waals surface area contributed by atoms with Gasteiger partial charge in [0, 0.05) is 12.5 Å². The molecule has 1 aliphatic heterocycles. The second kappa shape index (κ2) is 6.22. The molecule has 0 radical (unpaired) electrons. The summed E-state index contributed by atoms with van der Waals surface area (Å²) in [5, 5.41) is 0.827. The van der Waals surface area contributed by atoms with Crippen LogP contribution in [0.1, 0.15) is 25.7 Å². The van der Waals surface area contributed by atoms with Crippen molar-refractivity contribution >= 4 is 32.6 Å². The molecule has 2 bridgehead atoms. The molecule has 25 heavy (non-hydrogen) atoms. The van der Waals surface area contributed by atoms with Gasteiger partial charge in [0.15, 0.2) is 5.13 Å². The van der Waals surface area contributed by atoms with Crippen molar-refractivity contribution in [3.63, 3.8) is 0 Å². The van der Waals surface area contributed by atoms with Crippen molar-refractivity contribution in [3.05, 3.63) is 36.4 Å². The van der Waals surface area contributed by atoms with Gasteiger partial charge in [-0.05, 0) is 49.7 Å². The molecule has 4 atom stereocenters. The van der Waals surface area contributed by atoms with Crippen LogP contribution in [0.3, 0.4) is 0 Å². The molecule has 1 amide bonds. The number of hydrogen-bond acceptors (Lipinski definition) is 4. The first-order valence-corrected chi connectivity index (χ1v) is 10.1. The Labute approximate surface area is 151 Å². The topological polar surface area (TPSA) is 42.4 Å². The molecule has 2 heterocycles. The summed E-state index contributed by atoms with van der Waals surface area (Å²) >= 11 is 1.62. The predicted octanol–water partition coefficient (Wildman–Crippen LogP) is 4.02. The lowest BCUT2D eigenvalue weighted by Crippen LogP contribution is -2.42. The van der Waals surface area contributed by atoms with E-state index in [0.29, 0.717) is 18.4 Å². The van der Waals surface area contributed by atoms with Gasteiger partial charge in [-0.3, -0.25) is 9.69 Å². The first-order chi connectivity index (χ1) is 12.3. The summed E-state index contributed by atoms with van der Waals surface area (Å²) in [4.78, 5) is 20.1. The van der Waals surface area contributed by atoms with E-state index in [4.69, 9.17) is 9.72 Å². The smallest absolute Gasteiger partial charge is 0.232 e. The van der Waals surface area contributed by atoms with Crippen LogP contribution in [-0.4, -0.2) is 30.1 Å². The van der Waals surface area contributed by atoms with Crippen LogP contribution in [0.4, 0.5) is 5.13 Å². The summed E-state index contributed by atoms with van der Waals surface area (Å²) in [7, 11) is 0. The molecule has 0 spiro atoms. The van der Waals surface area contributed by atoms with Gasteiger partial charge < -0.3 is 4.74 Å². The maximum atomic E-state index is 13.4. The van der Waals surface area contributed by atoms with E-state index >= 15 is 0 Å². The fraction of sp³-hybridized carbons (Fsp3) is 0.500. The lowest BCUT2D eigenvalue weighted by Gasteiger charge is -2.28. The second-order valence-corrected chi connectivity index (χ2v) is 8.44. The third-order valence-corrected chi connectivity index (χ3v) is 6.85. The van der Waals surface area contributed by atoms with Gasteiger partial charge in [0.2, 0.25) is 5.91 Å². The lowest BCUT2D eigenvalue weighted by molar-refractivity contribution is -0.123. The summed E-state index contributed by atoms with van der Waals surface area (Å²) in [5.41, 5.74) is 0.973. The maximum Gasteiger partial charge on any atom is 0.232 e. The SMILES string of the molecule is O=C([C@H]1C[C@H]2C=C[C@H]1C2)N(C[C@H]1CCCO1)c1nc2ccccc2s1. The maximum absolute atomic E-state index is 13.4. The Hall–Kier alpha value is -1.72. The van der Waals surface area contributed by atoms with Crippen molar-refractivity contribution in [2.45, 2.75) is 31.8 Å². The van der Waals surface area contributed by atoms with Crippen LogP contribution >= 0.6 is 11.3 Å². The number of hydrogen-bond donors (Lipinski definition) is 0. The second-order valence-electron chi connectivity index (χ2n) is 7.43. The standard InChI is InChI=1S/C20H22N2O2S/c23-19(16-11-13-7-8-14(16)10-13)22(12-15-4-3-9-24-15)20-21-17-5-1-2-6-18(17)25-20/h1-2,5-8,13-16H,3-4,9-12H2/t13-,14-,15+,16-/m0/s1. The Morgan fingerprint density at radius 2 is 2.20 bits per heavy atom. The number of nitrogens with zero attached hydrogens (tertiary/aromatic N) is 2. The Kier molecular flexibility index (Phi) is 3.86. The fourth-order valence-corrected chi connectivity index (χ4v) is 5.47. The predicted molar refractivity (Wildman–Crippen MR) is 99.8 cm³/mol. The van der Waals surface area contributed by atoms with Crippen LogP contribution in [0.15, 0.2) is 36.4 Å². The van der Waals surface area contributed by atoms with Gasteiger partial charge in [-0.15, -0.1) is 0 Å². The van der Waals surface area contributed by atoms with Gasteiger partial charge in [-0.25, -0.2) is 4.98 Å². The van der Waals surface area contributed by atoms with E-state index in [9.17, 15) is 4.79 Å². The van der Waals surface area contributed by atoms with Crippen molar-refractivity contribution in [1.82, 2.24) is 4.98 Å². The molecular formula is C20H22N2O2S. The normalized spacial score (nSPS) is 30.4. The number of aromatic nitrogens is 1. The molecule has 0 N–H and O–H groups in total. The summed E-state index contributed by atoms with van der Waals surface area (Å²) < 4.78 is 6.96. The van der Waals surface area contributed by atoms with Gasteiger partial charge in [0.25, 0.3) is 0 Å². The molecule has 2 aliphatic carbocycles. The Morgan fingerprint density at radius 3 is 2.92 bits per heavy atom. The number of carbonyl (C=O) groups is 1. The molecule has 1 saturated carbocycles. The Morgan fingerprint density at radius 1 is 1.28 bits per heavy atom. The molecule has 3 aliphatic rings. The molecule has 1 aromatic heterocycles. The molecule has 0 unspecified atom stereocenters. The van der Waals surface area contributed by atoms with E-state index in [2.05, 4.69) is 18.2 Å². The number of carbonyl (C=O) groups excluding carboxylic acids is 1. The summed E-state index contributed by atoms with van der Waals surface area (Å²) in [6.07, 6.45) is 8.94. The van der Waals surface area contributed by atoms with E-state index in [1.165, 1.54) is 0 Å². The summed E-state index contributed by atoms with van der Waals surface area (Å²) in [6, 6.07) is 8.12. The minimum atomic E-state index is 0.114. The molecule has 1 saturated heterocycles. The van der Waals surface area contributed by atoms with Crippen molar-refractivity contribution in [2.24, 2.45) is 17.8 Å². The highest BCUT2D eigenvalue weighted by Gasteiger charge is 2.42. The highest BCUT2D eigenvalue weighted by Crippen LogP contribution is 2.45. The average Bonchev–Trinajstić information content (AvgIpc) is 3.42. The van der Waals surface area contributed by atoms with E-state index in [1.807, 2.05) is 23.1 Å². The van der Waals surface area contributed by atoms with E-state index < -0.39 is 0 Å². The first kappa shape index (κ1) is 15.5. The molecule has 5 rings (SSSR count). The largest absolute Gasteiger partial charge is 0.376 e. The number of thiazole rings is 1. The monoisotopic (exact) mass is 354 g/mol. The van der Waals surface area contributed by atoms with Gasteiger partial charge in [-0.2, -0.15) is 0 Å². The molecular weight excluding hydrogens is 332 g/mol. The molecule has 1 aromatic carbocycles. The van der Waals surface area contributed by atoms with E-state index in [0.717, 1.165) is 47.6 Å². The zero-order chi connectivity index (χ0) is 16.8. The molecule has 2 fully saturated rings. The molecule has 2 aromatic rings. The number of fused-ring (bicyclic) bond motifs is 3. The van der Waals surface area contributed by atoms with Gasteiger partial charge in [0.1, 0.15) is 0 Å². The van der Waals surface area contributed by atoms with Gasteiger partial charge in [0.05, 0.1) is 22.9 Å². The van der Waals surface area contributed by atoms with Crippen molar-refractivity contribution in [3.8, 4) is 0 Å². The molecule has 4 nitrogen and oxygen atoms in total. The van der Waals surface area contributed by atoms with Crippen molar-refractivity contribution in [1.29, 1.82) is 0 Å². The third-order valence-electron chi connectivity index (χ3n) is 5.79. The van der Waals surface area contributed by atoms with E-state index in [-0.39, 0.29) is 17.9 Å². The number of anilines is 1. The van der Waals surface area contributed by atoms with Crippen molar-refractivity contribution < 1.29 is 9.53 Å². The fourth-order valence-electron chi connectivity index (χ4n) is 4.49. The minimum absolute atomic E-state index is 0.114. The molecule has 130 valence electrons. The number of amides is 1. The van der Waals surface area contributed by atoms with Gasteiger partial charge in [-0.1, -0.05) is 35.6 Å². The number of benzene rings is 1. The summed E-state index contributed by atoms with van der Waals surface area (Å²) in [6.45, 7) is 1.44. The lowest BCUT2D eigenvalue weighted by atomic mass is 9.92. The molecule has 5 heteroatoms. The highest BCUT2D eigenvalue weighted by molar-refractivity contribution is 7.22. The van der Waals surface area contributed by atoms with Crippen LogP contribution in [0.5, 0.6) is 0 Å². The third kappa shape index (κ3) is 2.79. The van der Waals surface area contributed by atoms with Gasteiger partial charge >= 0.3 is 0 Å². The van der Waals surface area contributed by atoms with E-state index in [1.54, 1.807) is 11.3 Å². The number of ether oxygens (including phenoxy) is 1. The quantitative estimate of drug-likeness (QED) is 0.779. The van der Waals surface area contributed by atoms with Crippen molar-refractivity contribution in [2.75, 3.05) is 18.1 Å². The minimum Gasteiger partial charge on any atom is -0.376 e. The zero-order valence-electron chi connectivity index (χ0n) is 14.1. The van der Waals surface area contributed by atoms with Crippen LogP contribution in [0.2, 0.25) is 0 Å². The number of para-hydroxylation sites is 1. The van der Waals surface area contributed by atoms with Crippen LogP contribution in [0, 0.1) is 17.8 Å². The zero-order valence-corrected chi connectivity index (χ0v) is 15.0. The Balaban J connectivity index is 1.47.